The van der Waals surface area contributed by atoms with Crippen molar-refractivity contribution < 1.29 is 18.4 Å². The molecule has 0 aliphatic heterocycles. The van der Waals surface area contributed by atoms with Crippen LogP contribution in [0, 0.1) is 5.82 Å². The van der Waals surface area contributed by atoms with Crippen LogP contribution in [0.5, 0.6) is 0 Å². The molecule has 1 atom stereocenters. The predicted molar refractivity (Wildman–Crippen MR) is 91.2 cm³/mol. The minimum absolute atomic E-state index is 0.0138. The fourth-order valence-corrected chi connectivity index (χ4v) is 2.64. The molecule has 0 amide bonds. The highest BCUT2D eigenvalue weighted by atomic mass is 19.1. The fourth-order valence-electron chi connectivity index (χ4n) is 2.64. The van der Waals surface area contributed by atoms with Crippen molar-refractivity contribution in [1.29, 1.82) is 0 Å². The topological polar surface area (TPSA) is 52.3 Å². The van der Waals surface area contributed by atoms with Crippen molar-refractivity contribution in [3.8, 4) is 11.3 Å². The van der Waals surface area contributed by atoms with Gasteiger partial charge in [-0.25, -0.2) is 4.39 Å². The minimum atomic E-state index is -0.391. The summed E-state index contributed by atoms with van der Waals surface area (Å²) in [5.74, 6) is -0.722. The van der Waals surface area contributed by atoms with E-state index in [-0.39, 0.29) is 18.5 Å². The van der Waals surface area contributed by atoms with E-state index in [1.807, 2.05) is 37.3 Å². The van der Waals surface area contributed by atoms with Gasteiger partial charge in [-0.15, -0.1) is 0 Å². The fraction of sp³-hybridized carbons (Fsp3) is 0.200. The number of esters is 1. The SMILES string of the molecule is CCC(C(=O)OCc1cc(-c2ccccc2F)on1)c1ccccc1. The van der Waals surface area contributed by atoms with E-state index in [1.54, 1.807) is 24.3 Å². The molecule has 1 unspecified atom stereocenters. The normalized spacial score (nSPS) is 11.9. The Balaban J connectivity index is 1.66. The maximum absolute atomic E-state index is 13.8. The Kier molecular flexibility index (Phi) is 5.23. The van der Waals surface area contributed by atoms with Crippen LogP contribution in [0.4, 0.5) is 4.39 Å². The molecule has 128 valence electrons. The maximum atomic E-state index is 13.8. The number of halogens is 1. The van der Waals surface area contributed by atoms with Crippen LogP contribution in [-0.2, 0) is 16.1 Å². The molecule has 1 heterocycles. The lowest BCUT2D eigenvalue weighted by Crippen LogP contribution is -2.15. The molecular weight excluding hydrogens is 321 g/mol. The summed E-state index contributed by atoms with van der Waals surface area (Å²) >= 11 is 0. The van der Waals surface area contributed by atoms with E-state index in [0.717, 1.165) is 5.56 Å². The van der Waals surface area contributed by atoms with Gasteiger partial charge in [0.1, 0.15) is 18.1 Å². The van der Waals surface area contributed by atoms with Gasteiger partial charge in [0.25, 0.3) is 0 Å². The number of rotatable bonds is 6. The Morgan fingerprint density at radius 2 is 1.88 bits per heavy atom. The van der Waals surface area contributed by atoms with Crippen LogP contribution in [0.2, 0.25) is 0 Å². The molecular formula is C20H18FNO3. The third-order valence-corrected chi connectivity index (χ3v) is 3.96. The van der Waals surface area contributed by atoms with Crippen molar-refractivity contribution >= 4 is 5.97 Å². The Labute approximate surface area is 145 Å². The summed E-state index contributed by atoms with van der Waals surface area (Å²) < 4.78 is 24.3. The lowest BCUT2D eigenvalue weighted by Gasteiger charge is -2.13. The summed E-state index contributed by atoms with van der Waals surface area (Å²) in [4.78, 5) is 12.3. The number of carbonyl (C=O) groups is 1. The Bertz CT molecular complexity index is 845. The molecule has 0 aliphatic carbocycles. The number of ether oxygens (including phenoxy) is 1. The second-order valence-corrected chi connectivity index (χ2v) is 5.64. The van der Waals surface area contributed by atoms with E-state index in [1.165, 1.54) is 6.07 Å². The second kappa shape index (κ2) is 7.75. The second-order valence-electron chi connectivity index (χ2n) is 5.64. The van der Waals surface area contributed by atoms with Crippen LogP contribution in [0.15, 0.2) is 65.2 Å². The third kappa shape index (κ3) is 3.94. The van der Waals surface area contributed by atoms with Gasteiger partial charge in [-0.2, -0.15) is 0 Å². The number of carbonyl (C=O) groups excluding carboxylic acids is 1. The quantitative estimate of drug-likeness (QED) is 0.610. The first-order valence-corrected chi connectivity index (χ1v) is 8.11. The molecule has 3 aromatic rings. The summed E-state index contributed by atoms with van der Waals surface area (Å²) in [6.07, 6.45) is 0.641. The summed E-state index contributed by atoms with van der Waals surface area (Å²) in [5.41, 5.74) is 1.68. The number of hydrogen-bond acceptors (Lipinski definition) is 4. The molecule has 0 N–H and O–H groups in total. The van der Waals surface area contributed by atoms with Crippen molar-refractivity contribution in [2.45, 2.75) is 25.9 Å². The van der Waals surface area contributed by atoms with Crippen LogP contribution in [0.1, 0.15) is 30.5 Å². The smallest absolute Gasteiger partial charge is 0.313 e. The summed E-state index contributed by atoms with van der Waals surface area (Å²) in [6.45, 7) is 1.92. The highest BCUT2D eigenvalue weighted by Crippen LogP contribution is 2.24. The molecule has 0 fully saturated rings. The molecule has 4 nitrogen and oxygen atoms in total. The van der Waals surface area contributed by atoms with E-state index in [0.29, 0.717) is 23.4 Å². The van der Waals surface area contributed by atoms with Crippen molar-refractivity contribution in [2.24, 2.45) is 0 Å². The van der Waals surface area contributed by atoms with Crippen molar-refractivity contribution in [3.05, 3.63) is 77.7 Å². The highest BCUT2D eigenvalue weighted by molar-refractivity contribution is 5.78. The summed E-state index contributed by atoms with van der Waals surface area (Å²) in [6, 6.07) is 17.4. The zero-order valence-electron chi connectivity index (χ0n) is 13.8. The van der Waals surface area contributed by atoms with Crippen LogP contribution in [0.3, 0.4) is 0 Å². The number of benzene rings is 2. The largest absolute Gasteiger partial charge is 0.459 e. The van der Waals surface area contributed by atoms with Gasteiger partial charge < -0.3 is 9.26 Å². The van der Waals surface area contributed by atoms with Crippen LogP contribution in [0.25, 0.3) is 11.3 Å². The number of hydrogen-bond donors (Lipinski definition) is 0. The van der Waals surface area contributed by atoms with Gasteiger partial charge in [0.05, 0.1) is 11.5 Å². The average molecular weight is 339 g/mol. The van der Waals surface area contributed by atoms with Gasteiger partial charge in [-0.3, -0.25) is 4.79 Å². The first-order valence-electron chi connectivity index (χ1n) is 8.11. The Morgan fingerprint density at radius 3 is 2.60 bits per heavy atom. The lowest BCUT2D eigenvalue weighted by molar-refractivity contribution is -0.147. The Hall–Kier alpha value is -2.95. The zero-order chi connectivity index (χ0) is 17.6. The first kappa shape index (κ1) is 16.9. The Morgan fingerprint density at radius 1 is 1.16 bits per heavy atom. The molecule has 0 bridgehead atoms. The molecule has 1 aromatic heterocycles. The van der Waals surface area contributed by atoms with Gasteiger partial charge in [0.15, 0.2) is 5.76 Å². The van der Waals surface area contributed by atoms with Gasteiger partial charge >= 0.3 is 5.97 Å². The number of aromatic nitrogens is 1. The first-order chi connectivity index (χ1) is 12.2. The molecule has 0 radical (unpaired) electrons. The van der Waals surface area contributed by atoms with Crippen LogP contribution < -0.4 is 0 Å². The average Bonchev–Trinajstić information content (AvgIpc) is 3.11. The van der Waals surface area contributed by atoms with E-state index in [2.05, 4.69) is 5.16 Å². The standard InChI is InChI=1S/C20H18FNO3/c1-2-16(14-8-4-3-5-9-14)20(23)24-13-15-12-19(25-22-15)17-10-6-7-11-18(17)21/h3-12,16H,2,13H2,1H3. The van der Waals surface area contributed by atoms with E-state index >= 15 is 0 Å². The highest BCUT2D eigenvalue weighted by Gasteiger charge is 2.21. The van der Waals surface area contributed by atoms with Gasteiger partial charge in [0, 0.05) is 6.07 Å². The summed E-state index contributed by atoms with van der Waals surface area (Å²) in [7, 11) is 0. The predicted octanol–water partition coefficient (Wildman–Crippen LogP) is 4.72. The van der Waals surface area contributed by atoms with Crippen LogP contribution >= 0.6 is 0 Å². The third-order valence-electron chi connectivity index (χ3n) is 3.96. The van der Waals surface area contributed by atoms with Crippen molar-refractivity contribution in [1.82, 2.24) is 5.16 Å². The van der Waals surface area contributed by atoms with Gasteiger partial charge in [0.2, 0.25) is 0 Å². The minimum Gasteiger partial charge on any atom is -0.459 e. The maximum Gasteiger partial charge on any atom is 0.313 e. The van der Waals surface area contributed by atoms with Crippen LogP contribution in [-0.4, -0.2) is 11.1 Å². The molecule has 0 aliphatic rings. The lowest BCUT2D eigenvalue weighted by atomic mass is 9.97. The zero-order valence-corrected chi connectivity index (χ0v) is 13.8. The van der Waals surface area contributed by atoms with E-state index in [4.69, 9.17) is 9.26 Å². The van der Waals surface area contributed by atoms with Gasteiger partial charge in [-0.1, -0.05) is 54.5 Å². The number of nitrogens with zero attached hydrogens (tertiary/aromatic N) is 1. The van der Waals surface area contributed by atoms with E-state index in [9.17, 15) is 9.18 Å². The molecule has 2 aromatic carbocycles. The molecule has 3 rings (SSSR count). The molecule has 0 saturated heterocycles. The molecule has 0 saturated carbocycles. The molecule has 0 spiro atoms. The monoisotopic (exact) mass is 339 g/mol. The van der Waals surface area contributed by atoms with E-state index < -0.39 is 5.82 Å². The molecule has 25 heavy (non-hydrogen) atoms. The summed E-state index contributed by atoms with van der Waals surface area (Å²) in [5, 5.41) is 3.84. The van der Waals surface area contributed by atoms with Crippen molar-refractivity contribution in [3.63, 3.8) is 0 Å². The van der Waals surface area contributed by atoms with Gasteiger partial charge in [-0.05, 0) is 24.1 Å². The molecule has 5 heteroatoms. The van der Waals surface area contributed by atoms with Crippen molar-refractivity contribution in [2.75, 3.05) is 0 Å².